The lowest BCUT2D eigenvalue weighted by molar-refractivity contribution is 0.102. The van der Waals surface area contributed by atoms with Crippen molar-refractivity contribution < 1.29 is 4.79 Å². The van der Waals surface area contributed by atoms with Gasteiger partial charge < -0.3 is 0 Å². The highest BCUT2D eigenvalue weighted by molar-refractivity contribution is 7.15. The molecule has 0 spiro atoms. The molecule has 4 rings (SSSR count). The van der Waals surface area contributed by atoms with E-state index in [-0.39, 0.29) is 16.9 Å². The van der Waals surface area contributed by atoms with Gasteiger partial charge in [-0.2, -0.15) is 0 Å². The molecule has 0 saturated heterocycles. The van der Waals surface area contributed by atoms with Crippen LogP contribution < -0.4 is 10.9 Å². The average molecular weight is 405 g/mol. The van der Waals surface area contributed by atoms with Gasteiger partial charge in [-0.25, -0.2) is 4.98 Å². The van der Waals surface area contributed by atoms with E-state index in [0.29, 0.717) is 27.3 Å². The highest BCUT2D eigenvalue weighted by atomic mass is 32.1. The Balaban J connectivity index is 1.56. The Morgan fingerprint density at radius 1 is 1.03 bits per heavy atom. The van der Waals surface area contributed by atoms with Gasteiger partial charge in [-0.3, -0.25) is 19.5 Å². The number of hydrogen-bond donors (Lipinski definition) is 1. The molecular weight excluding hydrogens is 386 g/mol. The Labute approximate surface area is 171 Å². The van der Waals surface area contributed by atoms with Crippen LogP contribution >= 0.6 is 11.3 Å². The number of rotatable bonds is 3. The van der Waals surface area contributed by atoms with Gasteiger partial charge in [0.1, 0.15) is 11.3 Å². The Morgan fingerprint density at radius 2 is 1.76 bits per heavy atom. The number of aromatic nitrogens is 4. The second kappa shape index (κ2) is 7.21. The van der Waals surface area contributed by atoms with E-state index in [1.807, 2.05) is 32.9 Å². The molecule has 0 aliphatic carbocycles. The molecule has 2 heterocycles. The molecule has 0 fully saturated rings. The third-order valence-corrected chi connectivity index (χ3v) is 5.62. The van der Waals surface area contributed by atoms with E-state index in [1.165, 1.54) is 22.2 Å². The Hall–Kier alpha value is -3.39. The first-order valence-electron chi connectivity index (χ1n) is 9.05. The summed E-state index contributed by atoms with van der Waals surface area (Å²) < 4.78 is 1.46. The third kappa shape index (κ3) is 3.79. The second-order valence-corrected chi connectivity index (χ2v) is 8.58. The number of benzene rings is 2. The number of fused-ring (bicyclic) bond motifs is 1. The van der Waals surface area contributed by atoms with Crippen LogP contribution in [0.1, 0.15) is 36.1 Å². The van der Waals surface area contributed by atoms with Gasteiger partial charge in [0.05, 0.1) is 16.6 Å². The minimum atomic E-state index is -0.280. The first kappa shape index (κ1) is 18.9. The minimum Gasteiger partial charge on any atom is -0.296 e. The largest absolute Gasteiger partial charge is 0.296 e. The summed E-state index contributed by atoms with van der Waals surface area (Å²) in [6.45, 7) is 6.13. The Kier molecular flexibility index (Phi) is 4.71. The van der Waals surface area contributed by atoms with Crippen LogP contribution in [0, 0.1) is 0 Å². The van der Waals surface area contributed by atoms with Gasteiger partial charge in [-0.15, -0.1) is 10.2 Å². The molecule has 0 saturated carbocycles. The first-order valence-corrected chi connectivity index (χ1v) is 9.87. The standard InChI is InChI=1S/C21H19N5O2S/c1-21(2,3)19-24-25-20(29-19)23-17(27)13-8-10-14(11-9-13)26-12-22-16-7-5-4-6-15(16)18(26)28/h4-12H,1-3H3,(H,23,25,27). The van der Waals surface area contributed by atoms with Gasteiger partial charge in [-0.05, 0) is 36.4 Å². The smallest absolute Gasteiger partial charge is 0.265 e. The topological polar surface area (TPSA) is 89.8 Å². The van der Waals surface area contributed by atoms with Crippen LogP contribution in [0.5, 0.6) is 0 Å². The SMILES string of the molecule is CC(C)(C)c1nnc(NC(=O)c2ccc(-n3cnc4ccccc4c3=O)cc2)s1. The Bertz CT molecular complexity index is 1250. The number of nitrogens with one attached hydrogen (secondary N) is 1. The summed E-state index contributed by atoms with van der Waals surface area (Å²) in [7, 11) is 0. The zero-order chi connectivity index (χ0) is 20.6. The molecule has 0 aliphatic rings. The zero-order valence-electron chi connectivity index (χ0n) is 16.2. The van der Waals surface area contributed by atoms with Crippen LogP contribution in [0.15, 0.2) is 59.7 Å². The molecule has 1 N–H and O–H groups in total. The molecule has 0 aliphatic heterocycles. The number of carbonyl (C=O) groups excluding carboxylic acids is 1. The number of anilines is 1. The van der Waals surface area contributed by atoms with Gasteiger partial charge in [0, 0.05) is 11.0 Å². The van der Waals surface area contributed by atoms with E-state index >= 15 is 0 Å². The van der Waals surface area contributed by atoms with Crippen molar-refractivity contribution in [3.05, 3.63) is 75.8 Å². The fourth-order valence-electron chi connectivity index (χ4n) is 2.77. The van der Waals surface area contributed by atoms with Crippen molar-refractivity contribution in [2.45, 2.75) is 26.2 Å². The highest BCUT2D eigenvalue weighted by Gasteiger charge is 2.20. The van der Waals surface area contributed by atoms with Gasteiger partial charge in [0.25, 0.3) is 11.5 Å². The lowest BCUT2D eigenvalue weighted by atomic mass is 9.98. The summed E-state index contributed by atoms with van der Waals surface area (Å²) in [6.07, 6.45) is 1.50. The summed E-state index contributed by atoms with van der Waals surface area (Å²) in [4.78, 5) is 29.5. The Morgan fingerprint density at radius 3 is 2.45 bits per heavy atom. The highest BCUT2D eigenvalue weighted by Crippen LogP contribution is 2.27. The van der Waals surface area contributed by atoms with Crippen LogP contribution in [0.4, 0.5) is 5.13 Å². The number of nitrogens with zero attached hydrogens (tertiary/aromatic N) is 4. The van der Waals surface area contributed by atoms with Gasteiger partial charge in [0.15, 0.2) is 0 Å². The van der Waals surface area contributed by atoms with Crippen LogP contribution in [-0.2, 0) is 5.41 Å². The van der Waals surface area contributed by atoms with Crippen molar-refractivity contribution in [1.82, 2.24) is 19.7 Å². The molecule has 2 aromatic carbocycles. The number of amides is 1. The fraction of sp³-hybridized carbons (Fsp3) is 0.190. The zero-order valence-corrected chi connectivity index (χ0v) is 17.0. The van der Waals surface area contributed by atoms with Crippen molar-refractivity contribution in [2.24, 2.45) is 0 Å². The lowest BCUT2D eigenvalue weighted by Gasteiger charge is -2.12. The predicted molar refractivity (Wildman–Crippen MR) is 114 cm³/mol. The van der Waals surface area contributed by atoms with Crippen LogP contribution in [-0.4, -0.2) is 25.7 Å². The van der Waals surface area contributed by atoms with E-state index in [4.69, 9.17) is 0 Å². The molecule has 7 nitrogen and oxygen atoms in total. The molecule has 0 bridgehead atoms. The molecule has 0 atom stereocenters. The molecule has 29 heavy (non-hydrogen) atoms. The van der Waals surface area contributed by atoms with Crippen molar-refractivity contribution in [2.75, 3.05) is 5.32 Å². The quantitative estimate of drug-likeness (QED) is 0.560. The number of para-hydroxylation sites is 1. The minimum absolute atomic E-state index is 0.122. The lowest BCUT2D eigenvalue weighted by Crippen LogP contribution is -2.19. The predicted octanol–water partition coefficient (Wildman–Crippen LogP) is 3.79. The van der Waals surface area contributed by atoms with Crippen molar-refractivity contribution in [1.29, 1.82) is 0 Å². The molecule has 0 unspecified atom stereocenters. The summed E-state index contributed by atoms with van der Waals surface area (Å²) in [5.41, 5.74) is 1.47. The third-order valence-electron chi connectivity index (χ3n) is 4.36. The normalized spacial score (nSPS) is 11.6. The maximum atomic E-state index is 12.7. The van der Waals surface area contributed by atoms with E-state index in [9.17, 15) is 9.59 Å². The second-order valence-electron chi connectivity index (χ2n) is 7.60. The summed E-state index contributed by atoms with van der Waals surface area (Å²) >= 11 is 1.36. The molecule has 4 aromatic rings. The van der Waals surface area contributed by atoms with Gasteiger partial charge in [0.2, 0.25) is 5.13 Å². The number of carbonyl (C=O) groups is 1. The van der Waals surface area contributed by atoms with Gasteiger partial charge >= 0.3 is 0 Å². The van der Waals surface area contributed by atoms with Crippen molar-refractivity contribution in [3.63, 3.8) is 0 Å². The van der Waals surface area contributed by atoms with E-state index < -0.39 is 0 Å². The molecular formula is C21H19N5O2S. The summed E-state index contributed by atoms with van der Waals surface area (Å²) in [6, 6.07) is 14.0. The first-order chi connectivity index (χ1) is 13.8. The van der Waals surface area contributed by atoms with E-state index in [1.54, 1.807) is 36.4 Å². The fourth-order valence-corrected chi connectivity index (χ4v) is 3.57. The molecule has 1 amide bonds. The summed E-state index contributed by atoms with van der Waals surface area (Å²) in [5, 5.41) is 12.8. The summed E-state index contributed by atoms with van der Waals surface area (Å²) in [5.74, 6) is -0.280. The van der Waals surface area contributed by atoms with Crippen molar-refractivity contribution in [3.8, 4) is 5.69 Å². The molecule has 8 heteroatoms. The maximum absolute atomic E-state index is 12.7. The number of hydrogen-bond acceptors (Lipinski definition) is 6. The van der Waals surface area contributed by atoms with Crippen LogP contribution in [0.3, 0.4) is 0 Å². The van der Waals surface area contributed by atoms with E-state index in [2.05, 4.69) is 20.5 Å². The van der Waals surface area contributed by atoms with Crippen molar-refractivity contribution >= 4 is 33.3 Å². The maximum Gasteiger partial charge on any atom is 0.265 e. The molecule has 146 valence electrons. The van der Waals surface area contributed by atoms with Crippen LogP contribution in [0.25, 0.3) is 16.6 Å². The molecule has 0 radical (unpaired) electrons. The van der Waals surface area contributed by atoms with E-state index in [0.717, 1.165) is 5.01 Å². The molecule has 2 aromatic heterocycles. The monoisotopic (exact) mass is 405 g/mol. The van der Waals surface area contributed by atoms with Gasteiger partial charge in [-0.1, -0.05) is 44.2 Å². The average Bonchev–Trinajstić information content (AvgIpc) is 3.18. The van der Waals surface area contributed by atoms with Crippen LogP contribution in [0.2, 0.25) is 0 Å².